The molecule has 0 saturated carbocycles. The molecule has 3 amide bonds. The normalized spacial score (nSPS) is 18.0. The highest BCUT2D eigenvalue weighted by Crippen LogP contribution is 2.19. The van der Waals surface area contributed by atoms with Gasteiger partial charge in [0, 0.05) is 13.2 Å². The van der Waals surface area contributed by atoms with Crippen LogP contribution in [0.2, 0.25) is 0 Å². The zero-order valence-corrected chi connectivity index (χ0v) is 16.9. The van der Waals surface area contributed by atoms with E-state index in [1.165, 1.54) is 11.8 Å². The molecule has 2 atom stereocenters. The van der Waals surface area contributed by atoms with Gasteiger partial charge in [-0.2, -0.15) is 0 Å². The number of alkyl carbamates (subject to hydrolysis) is 1. The molecular formula is C21H27N3O4. The molecule has 2 N–H and O–H groups in total. The van der Waals surface area contributed by atoms with Crippen molar-refractivity contribution in [3.8, 4) is 0 Å². The predicted molar refractivity (Wildman–Crippen MR) is 107 cm³/mol. The highest BCUT2D eigenvalue weighted by molar-refractivity contribution is 5.95. The van der Waals surface area contributed by atoms with Gasteiger partial charge in [0.15, 0.2) is 0 Å². The fraction of sp³-hybridized carbons (Fsp3) is 0.381. The summed E-state index contributed by atoms with van der Waals surface area (Å²) in [6, 6.07) is 7.85. The van der Waals surface area contributed by atoms with Gasteiger partial charge >= 0.3 is 6.09 Å². The summed E-state index contributed by atoms with van der Waals surface area (Å²) in [5, 5.41) is 5.17. The number of ether oxygens (including phenoxy) is 1. The maximum atomic E-state index is 12.6. The van der Waals surface area contributed by atoms with Crippen molar-refractivity contribution in [1.29, 1.82) is 0 Å². The van der Waals surface area contributed by atoms with E-state index in [1.54, 1.807) is 40.1 Å². The summed E-state index contributed by atoms with van der Waals surface area (Å²) in [6.45, 7) is 6.74. The van der Waals surface area contributed by atoms with Crippen molar-refractivity contribution >= 4 is 23.5 Å². The average molecular weight is 385 g/mol. The molecule has 1 aliphatic heterocycles. The summed E-state index contributed by atoms with van der Waals surface area (Å²) < 4.78 is 5.15. The van der Waals surface area contributed by atoms with Crippen LogP contribution in [0.15, 0.2) is 48.7 Å². The molecule has 28 heavy (non-hydrogen) atoms. The number of carbonyl (C=O) groups excluding carboxylic acids is 3. The molecule has 0 bridgehead atoms. The first-order valence-electron chi connectivity index (χ1n) is 9.09. The van der Waals surface area contributed by atoms with E-state index < -0.39 is 29.7 Å². The molecule has 7 nitrogen and oxygen atoms in total. The van der Waals surface area contributed by atoms with Crippen molar-refractivity contribution in [2.45, 2.75) is 45.4 Å². The zero-order valence-electron chi connectivity index (χ0n) is 16.9. The molecule has 0 saturated heterocycles. The zero-order chi connectivity index (χ0) is 20.9. The molecule has 7 heteroatoms. The molecule has 0 fully saturated rings. The number of nitrogens with one attached hydrogen (secondary N) is 2. The second-order valence-corrected chi connectivity index (χ2v) is 7.61. The summed E-state index contributed by atoms with van der Waals surface area (Å²) in [4.78, 5) is 38.4. The van der Waals surface area contributed by atoms with Crippen molar-refractivity contribution < 1.29 is 19.1 Å². The Bertz CT molecular complexity index is 794. The number of likely N-dealkylation sites (N-methyl/N-ethyl adjacent to an activating group) is 1. The first kappa shape index (κ1) is 21.2. The number of hydrogen-bond donors (Lipinski definition) is 2. The molecule has 0 aromatic heterocycles. The minimum atomic E-state index is -0.863. The number of allylic oxidation sites excluding steroid dienone is 2. The quantitative estimate of drug-likeness (QED) is 0.833. The van der Waals surface area contributed by atoms with Crippen molar-refractivity contribution in [3.05, 3.63) is 54.2 Å². The Kier molecular flexibility index (Phi) is 6.62. The van der Waals surface area contributed by atoms with Gasteiger partial charge in [0.05, 0.1) is 0 Å². The van der Waals surface area contributed by atoms with Crippen LogP contribution in [0.3, 0.4) is 0 Å². The summed E-state index contributed by atoms with van der Waals surface area (Å²) in [5.41, 5.74) is 1.08. The summed E-state index contributed by atoms with van der Waals surface area (Å²) in [7, 11) is 1.63. The van der Waals surface area contributed by atoms with E-state index in [0.29, 0.717) is 0 Å². The minimum Gasteiger partial charge on any atom is -0.444 e. The minimum absolute atomic E-state index is 0.278. The van der Waals surface area contributed by atoms with Crippen molar-refractivity contribution in [2.24, 2.45) is 0 Å². The van der Waals surface area contributed by atoms with Crippen LogP contribution in [-0.2, 0) is 14.3 Å². The number of nitrogens with zero attached hydrogens (tertiary/aromatic N) is 1. The average Bonchev–Trinajstić information content (AvgIpc) is 2.74. The molecule has 0 aliphatic carbocycles. The van der Waals surface area contributed by atoms with E-state index >= 15 is 0 Å². The lowest BCUT2D eigenvalue weighted by molar-refractivity contribution is -0.132. The van der Waals surface area contributed by atoms with Gasteiger partial charge in [0.2, 0.25) is 5.91 Å². The Hall–Kier alpha value is -3.09. The van der Waals surface area contributed by atoms with Crippen molar-refractivity contribution in [3.63, 3.8) is 0 Å². The maximum Gasteiger partial charge on any atom is 0.408 e. The Morgan fingerprint density at radius 2 is 1.82 bits per heavy atom. The van der Waals surface area contributed by atoms with Gasteiger partial charge in [0.1, 0.15) is 17.7 Å². The lowest BCUT2D eigenvalue weighted by Gasteiger charge is -2.23. The van der Waals surface area contributed by atoms with Crippen LogP contribution in [0.25, 0.3) is 5.57 Å². The van der Waals surface area contributed by atoms with Crippen LogP contribution in [0, 0.1) is 0 Å². The predicted octanol–water partition coefficient (Wildman–Crippen LogP) is 2.45. The number of benzene rings is 1. The molecule has 0 radical (unpaired) electrons. The molecule has 150 valence electrons. The van der Waals surface area contributed by atoms with Gasteiger partial charge in [-0.3, -0.25) is 9.59 Å². The highest BCUT2D eigenvalue weighted by atomic mass is 16.6. The topological polar surface area (TPSA) is 87.7 Å². The van der Waals surface area contributed by atoms with E-state index in [9.17, 15) is 14.4 Å². The molecule has 0 spiro atoms. The Morgan fingerprint density at radius 3 is 2.43 bits per heavy atom. The lowest BCUT2D eigenvalue weighted by Crippen LogP contribution is -2.52. The molecule has 1 aliphatic rings. The van der Waals surface area contributed by atoms with Crippen LogP contribution >= 0.6 is 0 Å². The van der Waals surface area contributed by atoms with Crippen LogP contribution in [-0.4, -0.2) is 47.5 Å². The standard InChI is InChI=1S/C21H27N3O4/c1-14(22-20(27)28-21(2,3)4)18(25)23-17-13-16(11-12-24(5)19(17)26)15-9-7-6-8-10-15/h6-14,17H,1-5H3,(H,22,27)(H,23,25)/t14?,17-/m0/s1. The SMILES string of the molecule is CC(NC(=O)OC(C)(C)C)C(=O)N[C@H]1C=C(c2ccccc2)C=CN(C)C1=O. The van der Waals surface area contributed by atoms with Crippen LogP contribution in [0.1, 0.15) is 33.3 Å². The lowest BCUT2D eigenvalue weighted by atomic mass is 10.0. The van der Waals surface area contributed by atoms with Gasteiger partial charge in [-0.25, -0.2) is 4.79 Å². The maximum absolute atomic E-state index is 12.6. The fourth-order valence-corrected chi connectivity index (χ4v) is 2.55. The largest absolute Gasteiger partial charge is 0.444 e. The Balaban J connectivity index is 2.12. The van der Waals surface area contributed by atoms with Gasteiger partial charge in [-0.05, 0) is 51.0 Å². The Labute approximate surface area is 165 Å². The molecule has 1 unspecified atom stereocenters. The van der Waals surface area contributed by atoms with Crippen molar-refractivity contribution in [1.82, 2.24) is 15.5 Å². The van der Waals surface area contributed by atoms with Gasteiger partial charge < -0.3 is 20.3 Å². The van der Waals surface area contributed by atoms with E-state index in [2.05, 4.69) is 10.6 Å². The van der Waals surface area contributed by atoms with Gasteiger partial charge in [-0.1, -0.05) is 30.3 Å². The van der Waals surface area contributed by atoms with E-state index in [1.807, 2.05) is 36.4 Å². The summed E-state index contributed by atoms with van der Waals surface area (Å²) >= 11 is 0. The van der Waals surface area contributed by atoms with Crippen molar-refractivity contribution in [2.75, 3.05) is 7.05 Å². The molecular weight excluding hydrogens is 358 g/mol. The van der Waals surface area contributed by atoms with Gasteiger partial charge in [-0.15, -0.1) is 0 Å². The molecule has 1 heterocycles. The smallest absolute Gasteiger partial charge is 0.408 e. The first-order chi connectivity index (χ1) is 13.1. The second-order valence-electron chi connectivity index (χ2n) is 7.61. The molecule has 2 rings (SSSR count). The third kappa shape index (κ3) is 5.97. The third-order valence-corrected chi connectivity index (χ3v) is 3.97. The van der Waals surface area contributed by atoms with Crippen LogP contribution in [0.4, 0.5) is 4.79 Å². The number of carbonyl (C=O) groups is 3. The summed E-state index contributed by atoms with van der Waals surface area (Å²) in [6.07, 6.45) is 4.49. The fourth-order valence-electron chi connectivity index (χ4n) is 2.55. The molecule has 1 aromatic rings. The first-order valence-corrected chi connectivity index (χ1v) is 9.09. The monoisotopic (exact) mass is 385 g/mol. The Morgan fingerprint density at radius 1 is 1.18 bits per heavy atom. The summed E-state index contributed by atoms with van der Waals surface area (Å²) in [5.74, 6) is -0.761. The van der Waals surface area contributed by atoms with E-state index in [0.717, 1.165) is 11.1 Å². The van der Waals surface area contributed by atoms with Crippen LogP contribution in [0.5, 0.6) is 0 Å². The van der Waals surface area contributed by atoms with E-state index in [4.69, 9.17) is 4.74 Å². The van der Waals surface area contributed by atoms with Gasteiger partial charge in [0.25, 0.3) is 5.91 Å². The van der Waals surface area contributed by atoms with Crippen LogP contribution < -0.4 is 10.6 Å². The number of amides is 3. The molecule has 1 aromatic carbocycles. The number of rotatable bonds is 4. The third-order valence-electron chi connectivity index (χ3n) is 3.97. The second kappa shape index (κ2) is 8.73. The highest BCUT2D eigenvalue weighted by Gasteiger charge is 2.27. The van der Waals surface area contributed by atoms with E-state index in [-0.39, 0.29) is 5.91 Å². The number of hydrogen-bond acceptors (Lipinski definition) is 4.